The van der Waals surface area contributed by atoms with Gasteiger partial charge >= 0.3 is 5.97 Å². The van der Waals surface area contributed by atoms with Gasteiger partial charge in [0, 0.05) is 6.54 Å². The number of nitrogens with one attached hydrogen (secondary N) is 1. The van der Waals surface area contributed by atoms with E-state index in [1.807, 2.05) is 18.2 Å². The van der Waals surface area contributed by atoms with E-state index >= 15 is 0 Å². The fourth-order valence-corrected chi connectivity index (χ4v) is 2.10. The zero-order valence-corrected chi connectivity index (χ0v) is 12.2. The number of esters is 1. The topological polar surface area (TPSA) is 47.6 Å². The maximum Gasteiger partial charge on any atom is 0.306 e. The van der Waals surface area contributed by atoms with Crippen molar-refractivity contribution in [3.8, 4) is 5.75 Å². The molecule has 1 N–H and O–H groups in total. The van der Waals surface area contributed by atoms with Crippen LogP contribution in [0, 0.1) is 0 Å². The van der Waals surface area contributed by atoms with E-state index in [1.165, 1.54) is 12.7 Å². The molecule has 1 rings (SSSR count). The summed E-state index contributed by atoms with van der Waals surface area (Å²) in [6.07, 6.45) is 1.31. The molecule has 0 spiro atoms. The average molecular weight is 316 g/mol. The predicted octanol–water partition coefficient (Wildman–Crippen LogP) is 2.15. The lowest BCUT2D eigenvalue weighted by atomic mass is 10.1. The Labute approximate surface area is 116 Å². The highest BCUT2D eigenvalue weighted by atomic mass is 79.9. The van der Waals surface area contributed by atoms with Crippen LogP contribution in [0.3, 0.4) is 0 Å². The molecule has 0 saturated carbocycles. The minimum absolute atomic E-state index is 0.185. The number of hydrogen-bond acceptors (Lipinski definition) is 4. The van der Waals surface area contributed by atoms with Crippen LogP contribution in [0.5, 0.6) is 5.75 Å². The molecule has 0 fully saturated rings. The molecule has 0 aliphatic rings. The Hall–Kier alpha value is -1.07. The summed E-state index contributed by atoms with van der Waals surface area (Å²) >= 11 is 3.45. The van der Waals surface area contributed by atoms with Crippen LogP contribution in [-0.4, -0.2) is 33.3 Å². The van der Waals surface area contributed by atoms with Crippen LogP contribution < -0.4 is 10.1 Å². The first-order chi connectivity index (χ1) is 8.67. The average Bonchev–Trinajstić information content (AvgIpc) is 2.38. The lowest BCUT2D eigenvalue weighted by molar-refractivity contribution is -0.140. The van der Waals surface area contributed by atoms with Gasteiger partial charge in [-0.25, -0.2) is 0 Å². The summed E-state index contributed by atoms with van der Waals surface area (Å²) in [5, 5.41) is 3.20. The summed E-state index contributed by atoms with van der Waals surface area (Å²) in [7, 11) is 3.05. The lowest BCUT2D eigenvalue weighted by Gasteiger charge is -2.07. The monoisotopic (exact) mass is 315 g/mol. The molecular formula is C13H18BrNO3. The van der Waals surface area contributed by atoms with E-state index in [4.69, 9.17) is 4.74 Å². The first kappa shape index (κ1) is 15.0. The Morgan fingerprint density at radius 1 is 1.33 bits per heavy atom. The van der Waals surface area contributed by atoms with Gasteiger partial charge in [0.15, 0.2) is 0 Å². The molecule has 0 aliphatic carbocycles. The third kappa shape index (κ3) is 5.06. The number of ether oxygens (including phenoxy) is 2. The molecule has 0 saturated heterocycles. The molecule has 0 radical (unpaired) electrons. The molecule has 1 aromatic rings. The van der Waals surface area contributed by atoms with Gasteiger partial charge in [-0.1, -0.05) is 6.07 Å². The van der Waals surface area contributed by atoms with Crippen LogP contribution >= 0.6 is 15.9 Å². The van der Waals surface area contributed by atoms with E-state index < -0.39 is 0 Å². The number of benzene rings is 1. The molecule has 0 aliphatic heterocycles. The Bertz CT molecular complexity index is 396. The van der Waals surface area contributed by atoms with Crippen molar-refractivity contribution < 1.29 is 14.3 Å². The van der Waals surface area contributed by atoms with Crippen LogP contribution in [0.25, 0.3) is 0 Å². The minimum atomic E-state index is -0.185. The highest BCUT2D eigenvalue weighted by Crippen LogP contribution is 2.25. The van der Waals surface area contributed by atoms with Crippen molar-refractivity contribution in [1.29, 1.82) is 0 Å². The number of carbonyl (C=O) groups is 1. The Kier molecular flexibility index (Phi) is 6.75. The van der Waals surface area contributed by atoms with Gasteiger partial charge in [0.25, 0.3) is 0 Å². The van der Waals surface area contributed by atoms with Gasteiger partial charge in [-0.05, 0) is 46.6 Å². The predicted molar refractivity (Wildman–Crippen MR) is 73.9 cm³/mol. The fraction of sp³-hybridized carbons (Fsp3) is 0.462. The van der Waals surface area contributed by atoms with E-state index in [9.17, 15) is 4.79 Å². The first-order valence-electron chi connectivity index (χ1n) is 5.77. The summed E-state index contributed by atoms with van der Waals surface area (Å²) in [5.41, 5.74) is 1.22. The second-order valence-corrected chi connectivity index (χ2v) is 4.65. The van der Waals surface area contributed by atoms with Gasteiger partial charge < -0.3 is 14.8 Å². The van der Waals surface area contributed by atoms with Crippen molar-refractivity contribution in [2.45, 2.75) is 12.8 Å². The normalized spacial score (nSPS) is 10.2. The van der Waals surface area contributed by atoms with Gasteiger partial charge in [0.2, 0.25) is 0 Å². The van der Waals surface area contributed by atoms with Gasteiger partial charge in [0.05, 0.1) is 25.1 Å². The summed E-state index contributed by atoms with van der Waals surface area (Å²) in [6, 6.07) is 6.01. The van der Waals surface area contributed by atoms with E-state index in [0.717, 1.165) is 23.2 Å². The summed E-state index contributed by atoms with van der Waals surface area (Å²) in [4.78, 5) is 10.9. The number of hydrogen-bond donors (Lipinski definition) is 1. The van der Waals surface area contributed by atoms with E-state index in [2.05, 4.69) is 26.0 Å². The molecule has 100 valence electrons. The van der Waals surface area contributed by atoms with Gasteiger partial charge in [-0.3, -0.25) is 4.79 Å². The first-order valence-corrected chi connectivity index (χ1v) is 6.56. The molecule has 5 heteroatoms. The molecule has 4 nitrogen and oxygen atoms in total. The van der Waals surface area contributed by atoms with Crippen molar-refractivity contribution >= 4 is 21.9 Å². The highest BCUT2D eigenvalue weighted by molar-refractivity contribution is 9.10. The molecule has 0 heterocycles. The molecule has 0 amide bonds. The molecule has 0 bridgehead atoms. The Morgan fingerprint density at radius 3 is 2.72 bits per heavy atom. The number of methoxy groups -OCH3 is 2. The number of carbonyl (C=O) groups excluding carboxylic acids is 1. The Morgan fingerprint density at radius 2 is 2.11 bits per heavy atom. The van der Waals surface area contributed by atoms with E-state index in [0.29, 0.717) is 13.0 Å². The maximum absolute atomic E-state index is 10.9. The fourth-order valence-electron chi connectivity index (χ4n) is 1.52. The minimum Gasteiger partial charge on any atom is -0.496 e. The smallest absolute Gasteiger partial charge is 0.306 e. The quantitative estimate of drug-likeness (QED) is 0.618. The highest BCUT2D eigenvalue weighted by Gasteiger charge is 2.02. The molecule has 1 aromatic carbocycles. The van der Waals surface area contributed by atoms with Crippen molar-refractivity contribution in [1.82, 2.24) is 5.32 Å². The molecule has 18 heavy (non-hydrogen) atoms. The molecule has 0 aromatic heterocycles. The second-order valence-electron chi connectivity index (χ2n) is 3.80. The van der Waals surface area contributed by atoms with Gasteiger partial charge in [-0.2, -0.15) is 0 Å². The maximum atomic E-state index is 10.9. The van der Waals surface area contributed by atoms with Crippen LogP contribution in [-0.2, 0) is 16.0 Å². The molecule has 0 atom stereocenters. The summed E-state index contributed by atoms with van der Waals surface area (Å²) in [5.74, 6) is 0.645. The van der Waals surface area contributed by atoms with Crippen LogP contribution in [0.2, 0.25) is 0 Å². The van der Waals surface area contributed by atoms with Crippen LogP contribution in [0.15, 0.2) is 22.7 Å². The Balaban J connectivity index is 2.27. The summed E-state index contributed by atoms with van der Waals surface area (Å²) in [6.45, 7) is 1.47. The van der Waals surface area contributed by atoms with Gasteiger partial charge in [0.1, 0.15) is 5.75 Å². The van der Waals surface area contributed by atoms with Crippen LogP contribution in [0.4, 0.5) is 0 Å². The lowest BCUT2D eigenvalue weighted by Crippen LogP contribution is -2.21. The molecule has 0 unspecified atom stereocenters. The van der Waals surface area contributed by atoms with E-state index in [1.54, 1.807) is 7.11 Å². The third-order valence-electron chi connectivity index (χ3n) is 2.54. The van der Waals surface area contributed by atoms with Crippen molar-refractivity contribution in [2.24, 2.45) is 0 Å². The third-order valence-corrected chi connectivity index (χ3v) is 3.16. The van der Waals surface area contributed by atoms with Crippen molar-refractivity contribution in [3.05, 3.63) is 28.2 Å². The number of rotatable bonds is 7. The SMILES string of the molecule is COC(=O)CCNCCc1ccc(OC)c(Br)c1. The van der Waals surface area contributed by atoms with Crippen LogP contribution in [0.1, 0.15) is 12.0 Å². The zero-order valence-electron chi connectivity index (χ0n) is 10.7. The standard InChI is InChI=1S/C13H18BrNO3/c1-17-12-4-3-10(9-11(12)14)5-7-15-8-6-13(16)18-2/h3-4,9,15H,5-8H2,1-2H3. The summed E-state index contributed by atoms with van der Waals surface area (Å²) < 4.78 is 10.7. The second kappa shape index (κ2) is 8.11. The van der Waals surface area contributed by atoms with Crippen molar-refractivity contribution in [2.75, 3.05) is 27.3 Å². The number of halogens is 1. The van der Waals surface area contributed by atoms with E-state index in [-0.39, 0.29) is 5.97 Å². The molecular weight excluding hydrogens is 298 g/mol. The van der Waals surface area contributed by atoms with Gasteiger partial charge in [-0.15, -0.1) is 0 Å². The largest absolute Gasteiger partial charge is 0.496 e. The zero-order chi connectivity index (χ0) is 13.4. The van der Waals surface area contributed by atoms with Crippen molar-refractivity contribution in [3.63, 3.8) is 0 Å².